The minimum absolute atomic E-state index is 0.654. The van der Waals surface area contributed by atoms with Crippen molar-refractivity contribution in [2.45, 2.75) is 13.8 Å². The Balaban J connectivity index is 2.17. The highest BCUT2D eigenvalue weighted by molar-refractivity contribution is 5.55. The molecule has 0 amide bonds. The average molecular weight is 243 g/mol. The molecule has 5 nitrogen and oxygen atoms in total. The van der Waals surface area contributed by atoms with E-state index >= 15 is 0 Å². The number of hydrogen-bond donors (Lipinski definition) is 1. The van der Waals surface area contributed by atoms with Gasteiger partial charge < -0.3 is 10.2 Å². The normalized spacial score (nSPS) is 10.1. The van der Waals surface area contributed by atoms with Gasteiger partial charge in [0.1, 0.15) is 0 Å². The Morgan fingerprint density at radius 3 is 2.50 bits per heavy atom. The minimum Gasteiger partial charge on any atom is -0.340 e. The second-order valence-electron chi connectivity index (χ2n) is 3.80. The van der Waals surface area contributed by atoms with Crippen LogP contribution < -0.4 is 10.2 Å². The van der Waals surface area contributed by atoms with E-state index in [1.807, 2.05) is 30.3 Å². The van der Waals surface area contributed by atoms with E-state index in [0.717, 1.165) is 18.8 Å². The molecule has 1 N–H and O–H groups in total. The maximum absolute atomic E-state index is 4.45. The van der Waals surface area contributed by atoms with E-state index in [1.54, 1.807) is 6.20 Å². The van der Waals surface area contributed by atoms with Crippen molar-refractivity contribution >= 4 is 17.5 Å². The molecule has 0 atom stereocenters. The molecule has 18 heavy (non-hydrogen) atoms. The first-order chi connectivity index (χ1) is 8.83. The van der Waals surface area contributed by atoms with E-state index < -0.39 is 0 Å². The van der Waals surface area contributed by atoms with E-state index in [9.17, 15) is 0 Å². The van der Waals surface area contributed by atoms with Gasteiger partial charge in [0.15, 0.2) is 5.82 Å². The lowest BCUT2D eigenvalue weighted by atomic mass is 10.3. The lowest BCUT2D eigenvalue weighted by Crippen LogP contribution is -2.24. The lowest BCUT2D eigenvalue weighted by molar-refractivity contribution is 0.796. The summed E-state index contributed by atoms with van der Waals surface area (Å²) in [4.78, 5) is 6.51. The van der Waals surface area contributed by atoms with Crippen molar-refractivity contribution in [2.75, 3.05) is 23.3 Å². The molecule has 0 unspecified atom stereocenters. The average Bonchev–Trinajstić information content (AvgIpc) is 2.42. The van der Waals surface area contributed by atoms with Crippen LogP contribution in [0.3, 0.4) is 0 Å². The number of anilines is 3. The first-order valence-corrected chi connectivity index (χ1v) is 6.10. The van der Waals surface area contributed by atoms with Crippen LogP contribution in [-0.2, 0) is 0 Å². The zero-order valence-corrected chi connectivity index (χ0v) is 10.7. The molecule has 1 heterocycles. The van der Waals surface area contributed by atoms with Gasteiger partial charge in [0, 0.05) is 18.8 Å². The van der Waals surface area contributed by atoms with Gasteiger partial charge in [-0.1, -0.05) is 18.2 Å². The number of rotatable bonds is 5. The number of nitrogens with one attached hydrogen (secondary N) is 1. The Bertz CT molecular complexity index is 482. The molecule has 2 rings (SSSR count). The summed E-state index contributed by atoms with van der Waals surface area (Å²) in [6.45, 7) is 5.88. The van der Waals surface area contributed by atoms with Crippen LogP contribution in [-0.4, -0.2) is 28.3 Å². The minimum atomic E-state index is 0.654. The van der Waals surface area contributed by atoms with Crippen molar-refractivity contribution in [3.8, 4) is 0 Å². The molecule has 0 saturated carbocycles. The summed E-state index contributed by atoms with van der Waals surface area (Å²) in [5, 5.41) is 11.2. The summed E-state index contributed by atoms with van der Waals surface area (Å²) in [6, 6.07) is 9.90. The topological polar surface area (TPSA) is 53.9 Å². The molecule has 0 saturated heterocycles. The third kappa shape index (κ3) is 2.94. The number of nitrogens with zero attached hydrogens (tertiary/aromatic N) is 4. The van der Waals surface area contributed by atoms with Crippen LogP contribution in [0.1, 0.15) is 13.8 Å². The fraction of sp³-hybridized carbons (Fsp3) is 0.308. The van der Waals surface area contributed by atoms with Gasteiger partial charge in [-0.2, -0.15) is 10.1 Å². The fourth-order valence-electron chi connectivity index (χ4n) is 1.66. The molecular formula is C13H17N5. The summed E-state index contributed by atoms with van der Waals surface area (Å²) < 4.78 is 0. The van der Waals surface area contributed by atoms with Crippen molar-refractivity contribution < 1.29 is 0 Å². The fourth-order valence-corrected chi connectivity index (χ4v) is 1.66. The Morgan fingerprint density at radius 1 is 1.11 bits per heavy atom. The molecule has 0 spiro atoms. The molecule has 0 aliphatic heterocycles. The molecule has 0 aliphatic carbocycles. The van der Waals surface area contributed by atoms with E-state index in [4.69, 9.17) is 0 Å². The monoisotopic (exact) mass is 243 g/mol. The van der Waals surface area contributed by atoms with Gasteiger partial charge in [-0.3, -0.25) is 0 Å². The number of hydrogen-bond acceptors (Lipinski definition) is 5. The molecule has 0 aliphatic rings. The van der Waals surface area contributed by atoms with Gasteiger partial charge >= 0.3 is 0 Å². The van der Waals surface area contributed by atoms with Crippen molar-refractivity contribution in [3.05, 3.63) is 36.5 Å². The largest absolute Gasteiger partial charge is 0.340 e. The Kier molecular flexibility index (Phi) is 4.06. The SMILES string of the molecule is CCN(CC)c1nncc(Nc2ccccc2)n1. The van der Waals surface area contributed by atoms with E-state index in [0.29, 0.717) is 11.8 Å². The first-order valence-electron chi connectivity index (χ1n) is 6.10. The van der Waals surface area contributed by atoms with Gasteiger partial charge in [0.2, 0.25) is 5.95 Å². The summed E-state index contributed by atoms with van der Waals surface area (Å²) >= 11 is 0. The van der Waals surface area contributed by atoms with Crippen LogP contribution in [0.25, 0.3) is 0 Å². The van der Waals surface area contributed by atoms with Gasteiger partial charge in [0.25, 0.3) is 0 Å². The van der Waals surface area contributed by atoms with Crippen LogP contribution in [0.5, 0.6) is 0 Å². The summed E-state index contributed by atoms with van der Waals surface area (Å²) in [6.07, 6.45) is 1.62. The van der Waals surface area contributed by atoms with E-state index in [1.165, 1.54) is 0 Å². The first kappa shape index (κ1) is 12.3. The van der Waals surface area contributed by atoms with Crippen LogP contribution in [0.4, 0.5) is 17.5 Å². The predicted molar refractivity (Wildman–Crippen MR) is 73.1 cm³/mol. The zero-order valence-electron chi connectivity index (χ0n) is 10.7. The molecular weight excluding hydrogens is 226 g/mol. The Hall–Kier alpha value is -2.17. The van der Waals surface area contributed by atoms with Crippen molar-refractivity contribution in [1.82, 2.24) is 15.2 Å². The smallest absolute Gasteiger partial charge is 0.247 e. The Morgan fingerprint density at radius 2 is 1.83 bits per heavy atom. The molecule has 1 aromatic carbocycles. The van der Waals surface area contributed by atoms with Gasteiger partial charge in [0.05, 0.1) is 6.20 Å². The number of para-hydroxylation sites is 1. The van der Waals surface area contributed by atoms with Crippen LogP contribution >= 0.6 is 0 Å². The maximum Gasteiger partial charge on any atom is 0.247 e. The highest BCUT2D eigenvalue weighted by Gasteiger charge is 2.06. The molecule has 0 bridgehead atoms. The molecule has 0 fully saturated rings. The third-order valence-electron chi connectivity index (χ3n) is 2.64. The second-order valence-corrected chi connectivity index (χ2v) is 3.80. The molecule has 94 valence electrons. The quantitative estimate of drug-likeness (QED) is 0.874. The molecule has 0 radical (unpaired) electrons. The number of aromatic nitrogens is 3. The molecule has 5 heteroatoms. The summed E-state index contributed by atoms with van der Waals surface area (Å²) in [5.74, 6) is 1.36. The molecule has 2 aromatic rings. The molecule has 1 aromatic heterocycles. The Labute approximate surface area is 107 Å². The van der Waals surface area contributed by atoms with Gasteiger partial charge in [-0.05, 0) is 26.0 Å². The maximum atomic E-state index is 4.45. The number of benzene rings is 1. The predicted octanol–water partition coefficient (Wildman–Crippen LogP) is 2.46. The highest BCUT2D eigenvalue weighted by Crippen LogP contribution is 2.14. The van der Waals surface area contributed by atoms with Crippen LogP contribution in [0, 0.1) is 0 Å². The summed E-state index contributed by atoms with van der Waals surface area (Å²) in [5.41, 5.74) is 0.989. The second kappa shape index (κ2) is 5.95. The highest BCUT2D eigenvalue weighted by atomic mass is 15.3. The zero-order chi connectivity index (χ0) is 12.8. The van der Waals surface area contributed by atoms with Crippen molar-refractivity contribution in [1.29, 1.82) is 0 Å². The van der Waals surface area contributed by atoms with Crippen LogP contribution in [0.15, 0.2) is 36.5 Å². The summed E-state index contributed by atoms with van der Waals surface area (Å²) in [7, 11) is 0. The third-order valence-corrected chi connectivity index (χ3v) is 2.64. The van der Waals surface area contributed by atoms with Crippen molar-refractivity contribution in [2.24, 2.45) is 0 Å². The standard InChI is InChI=1S/C13H17N5/c1-3-18(4-2)13-16-12(10-14-17-13)15-11-8-6-5-7-9-11/h5-10H,3-4H2,1-2H3,(H,15,16,17). The lowest BCUT2D eigenvalue weighted by Gasteiger charge is -2.18. The van der Waals surface area contributed by atoms with Gasteiger partial charge in [-0.15, -0.1) is 5.10 Å². The van der Waals surface area contributed by atoms with Crippen LogP contribution in [0.2, 0.25) is 0 Å². The van der Waals surface area contributed by atoms with Crippen molar-refractivity contribution in [3.63, 3.8) is 0 Å². The van der Waals surface area contributed by atoms with E-state index in [2.05, 4.69) is 39.2 Å². The van der Waals surface area contributed by atoms with E-state index in [-0.39, 0.29) is 0 Å². The van der Waals surface area contributed by atoms with Gasteiger partial charge in [-0.25, -0.2) is 0 Å².